The Bertz CT molecular complexity index is 805. The Hall–Kier alpha value is -2.82. The Balaban J connectivity index is 2.02. The first kappa shape index (κ1) is 13.2. The number of carbonyl (C=O) groups is 1. The predicted octanol–water partition coefficient (Wildman–Crippen LogP) is 3.05. The lowest BCUT2D eigenvalue weighted by atomic mass is 10.1. The third-order valence-corrected chi connectivity index (χ3v) is 3.26. The van der Waals surface area contributed by atoms with Gasteiger partial charge in [-0.2, -0.15) is 0 Å². The van der Waals surface area contributed by atoms with E-state index in [0.29, 0.717) is 22.2 Å². The molecule has 0 aliphatic rings. The Morgan fingerprint density at radius 2 is 1.90 bits per heavy atom. The molecular weight excluding hydrogens is 269 g/mol. The van der Waals surface area contributed by atoms with Crippen molar-refractivity contribution in [2.24, 2.45) is 0 Å². The molecule has 0 aliphatic carbocycles. The lowest BCUT2D eigenvalue weighted by molar-refractivity contribution is 0.0993. The van der Waals surface area contributed by atoms with Crippen molar-refractivity contribution < 1.29 is 9.18 Å². The Morgan fingerprint density at radius 1 is 1.14 bits per heavy atom. The van der Waals surface area contributed by atoms with Gasteiger partial charge >= 0.3 is 0 Å². The molecule has 0 fully saturated rings. The molecule has 0 spiro atoms. The number of aromatic nitrogens is 2. The zero-order chi connectivity index (χ0) is 14.8. The van der Waals surface area contributed by atoms with Gasteiger partial charge in [-0.05, 0) is 30.3 Å². The lowest BCUT2D eigenvalue weighted by Crippen LogP contribution is -2.26. The third kappa shape index (κ3) is 2.45. The smallest absolute Gasteiger partial charge is 0.258 e. The number of nitrogens with zero attached hydrogens (tertiary/aromatic N) is 3. The van der Waals surface area contributed by atoms with E-state index in [2.05, 4.69) is 9.97 Å². The molecule has 104 valence electrons. The minimum atomic E-state index is -0.447. The quantitative estimate of drug-likeness (QED) is 0.725. The van der Waals surface area contributed by atoms with E-state index in [0.717, 1.165) is 0 Å². The summed E-state index contributed by atoms with van der Waals surface area (Å²) in [5, 5.41) is 0.655. The van der Waals surface area contributed by atoms with Crippen LogP contribution in [-0.2, 0) is 0 Å². The van der Waals surface area contributed by atoms with Crippen molar-refractivity contribution in [2.75, 3.05) is 11.9 Å². The summed E-state index contributed by atoms with van der Waals surface area (Å²) in [5.74, 6) is -0.669. The number of rotatable bonds is 2. The molecule has 3 aromatic rings. The van der Waals surface area contributed by atoms with Crippen molar-refractivity contribution in [1.29, 1.82) is 0 Å². The van der Waals surface area contributed by atoms with Crippen molar-refractivity contribution in [2.45, 2.75) is 0 Å². The highest BCUT2D eigenvalue weighted by atomic mass is 19.1. The van der Waals surface area contributed by atoms with Gasteiger partial charge in [-0.15, -0.1) is 0 Å². The number of fused-ring (bicyclic) bond motifs is 1. The average Bonchev–Trinajstić information content (AvgIpc) is 2.54. The first-order valence-corrected chi connectivity index (χ1v) is 6.39. The molecule has 2 aromatic heterocycles. The monoisotopic (exact) mass is 281 g/mol. The van der Waals surface area contributed by atoms with Crippen LogP contribution in [0, 0.1) is 5.82 Å². The van der Waals surface area contributed by atoms with Crippen LogP contribution in [0.2, 0.25) is 0 Å². The normalized spacial score (nSPS) is 10.6. The summed E-state index contributed by atoms with van der Waals surface area (Å²) in [7, 11) is 1.61. The van der Waals surface area contributed by atoms with Crippen molar-refractivity contribution in [3.05, 3.63) is 66.4 Å². The standard InChI is InChI=1S/C16H12FN3O/c1-20(16(21)11-4-7-18-8-5-11)13-9-12-3-2-6-19-15(12)14(17)10-13/h2-10H,1H3. The summed E-state index contributed by atoms with van der Waals surface area (Å²) >= 11 is 0. The van der Waals surface area contributed by atoms with Crippen LogP contribution in [-0.4, -0.2) is 22.9 Å². The minimum Gasteiger partial charge on any atom is -0.311 e. The highest BCUT2D eigenvalue weighted by molar-refractivity contribution is 6.06. The molecule has 0 bridgehead atoms. The van der Waals surface area contributed by atoms with Crippen LogP contribution in [0.15, 0.2) is 55.0 Å². The number of halogens is 1. The minimum absolute atomic E-state index is 0.222. The second kappa shape index (κ2) is 5.28. The molecule has 2 heterocycles. The molecule has 0 radical (unpaired) electrons. The van der Waals surface area contributed by atoms with E-state index in [1.165, 1.54) is 17.2 Å². The summed E-state index contributed by atoms with van der Waals surface area (Å²) in [6, 6.07) is 9.80. The highest BCUT2D eigenvalue weighted by Crippen LogP contribution is 2.24. The number of benzene rings is 1. The maximum atomic E-state index is 14.1. The van der Waals surface area contributed by atoms with E-state index in [1.54, 1.807) is 49.8 Å². The van der Waals surface area contributed by atoms with Gasteiger partial charge in [0.15, 0.2) is 5.82 Å². The topological polar surface area (TPSA) is 46.1 Å². The maximum Gasteiger partial charge on any atom is 0.258 e. The molecule has 0 unspecified atom stereocenters. The molecule has 0 N–H and O–H groups in total. The van der Waals surface area contributed by atoms with Crippen molar-refractivity contribution >= 4 is 22.5 Å². The van der Waals surface area contributed by atoms with E-state index >= 15 is 0 Å². The van der Waals surface area contributed by atoms with Crippen molar-refractivity contribution in [1.82, 2.24) is 9.97 Å². The number of hydrogen-bond acceptors (Lipinski definition) is 3. The Labute approximate surface area is 120 Å². The van der Waals surface area contributed by atoms with Crippen LogP contribution >= 0.6 is 0 Å². The van der Waals surface area contributed by atoms with Crippen LogP contribution in [0.25, 0.3) is 10.9 Å². The fourth-order valence-corrected chi connectivity index (χ4v) is 2.13. The summed E-state index contributed by atoms with van der Waals surface area (Å²) in [5.41, 5.74) is 1.28. The van der Waals surface area contributed by atoms with Gasteiger partial charge in [-0.3, -0.25) is 14.8 Å². The van der Waals surface area contributed by atoms with E-state index in [4.69, 9.17) is 0 Å². The third-order valence-electron chi connectivity index (χ3n) is 3.26. The van der Waals surface area contributed by atoms with Crippen LogP contribution in [0.5, 0.6) is 0 Å². The first-order valence-electron chi connectivity index (χ1n) is 6.39. The van der Waals surface area contributed by atoms with E-state index in [1.807, 2.05) is 0 Å². The van der Waals surface area contributed by atoms with Crippen LogP contribution < -0.4 is 4.90 Å². The van der Waals surface area contributed by atoms with E-state index in [-0.39, 0.29) is 5.91 Å². The second-order valence-corrected chi connectivity index (χ2v) is 4.60. The largest absolute Gasteiger partial charge is 0.311 e. The van der Waals surface area contributed by atoms with Gasteiger partial charge in [0.25, 0.3) is 5.91 Å². The van der Waals surface area contributed by atoms with Crippen LogP contribution in [0.3, 0.4) is 0 Å². The fraction of sp³-hybridized carbons (Fsp3) is 0.0625. The van der Waals surface area contributed by atoms with E-state index in [9.17, 15) is 9.18 Å². The van der Waals surface area contributed by atoms with E-state index < -0.39 is 5.82 Å². The van der Waals surface area contributed by atoms with Gasteiger partial charge in [0.1, 0.15) is 5.52 Å². The molecule has 0 saturated heterocycles. The van der Waals surface area contributed by atoms with Crippen molar-refractivity contribution in [3.63, 3.8) is 0 Å². The van der Waals surface area contributed by atoms with Gasteiger partial charge in [-0.25, -0.2) is 4.39 Å². The number of amides is 1. The SMILES string of the molecule is CN(C(=O)c1ccncc1)c1cc(F)c2ncccc2c1. The Morgan fingerprint density at radius 3 is 2.67 bits per heavy atom. The number of hydrogen-bond donors (Lipinski definition) is 0. The number of pyridine rings is 2. The molecule has 21 heavy (non-hydrogen) atoms. The predicted molar refractivity (Wildman–Crippen MR) is 78.7 cm³/mol. The summed E-state index contributed by atoms with van der Waals surface area (Å²) in [6.07, 6.45) is 4.63. The second-order valence-electron chi connectivity index (χ2n) is 4.60. The first-order chi connectivity index (χ1) is 10.2. The summed E-state index contributed by atoms with van der Waals surface area (Å²) < 4.78 is 14.1. The lowest BCUT2D eigenvalue weighted by Gasteiger charge is -2.18. The van der Waals surface area contributed by atoms with Crippen molar-refractivity contribution in [3.8, 4) is 0 Å². The number of anilines is 1. The van der Waals surface area contributed by atoms with Gasteiger partial charge in [0.05, 0.1) is 0 Å². The van der Waals surface area contributed by atoms with Gasteiger partial charge in [-0.1, -0.05) is 6.07 Å². The molecule has 0 saturated carbocycles. The van der Waals surface area contributed by atoms with Crippen LogP contribution in [0.4, 0.5) is 10.1 Å². The summed E-state index contributed by atoms with van der Waals surface area (Å²) in [4.78, 5) is 21.6. The molecule has 3 rings (SSSR count). The fourth-order valence-electron chi connectivity index (χ4n) is 2.13. The number of carbonyl (C=O) groups excluding carboxylic acids is 1. The Kier molecular flexibility index (Phi) is 3.31. The average molecular weight is 281 g/mol. The molecule has 4 nitrogen and oxygen atoms in total. The highest BCUT2D eigenvalue weighted by Gasteiger charge is 2.15. The molecular formula is C16H12FN3O. The molecule has 0 atom stereocenters. The molecule has 0 aliphatic heterocycles. The zero-order valence-corrected chi connectivity index (χ0v) is 11.3. The molecule has 1 amide bonds. The van der Waals surface area contributed by atoms with Gasteiger partial charge < -0.3 is 4.90 Å². The van der Waals surface area contributed by atoms with Crippen LogP contribution in [0.1, 0.15) is 10.4 Å². The molecule has 1 aromatic carbocycles. The summed E-state index contributed by atoms with van der Waals surface area (Å²) in [6.45, 7) is 0. The van der Waals surface area contributed by atoms with Gasteiger partial charge in [0, 0.05) is 42.3 Å². The maximum absolute atomic E-state index is 14.1. The zero-order valence-electron chi connectivity index (χ0n) is 11.3. The molecule has 5 heteroatoms. The van der Waals surface area contributed by atoms with Gasteiger partial charge in [0.2, 0.25) is 0 Å².